The summed E-state index contributed by atoms with van der Waals surface area (Å²) in [4.78, 5) is 22.2. The molecule has 0 atom stereocenters. The summed E-state index contributed by atoms with van der Waals surface area (Å²) in [6.07, 6.45) is 0. The summed E-state index contributed by atoms with van der Waals surface area (Å²) < 4.78 is -0.0305. The third-order valence-electron chi connectivity index (χ3n) is 2.54. The van der Waals surface area contributed by atoms with Crippen molar-refractivity contribution in [2.75, 3.05) is 11.1 Å². The minimum absolute atomic E-state index is 0.0305. The van der Waals surface area contributed by atoms with Crippen molar-refractivity contribution in [1.29, 1.82) is 0 Å². The molecule has 2 rings (SSSR count). The van der Waals surface area contributed by atoms with Crippen LogP contribution in [0.1, 0.15) is 15.2 Å². The third kappa shape index (κ3) is 2.89. The zero-order valence-electron chi connectivity index (χ0n) is 10.3. The van der Waals surface area contributed by atoms with Gasteiger partial charge >= 0.3 is 0 Å². The summed E-state index contributed by atoms with van der Waals surface area (Å²) in [6.45, 7) is 1.88. The van der Waals surface area contributed by atoms with E-state index in [0.29, 0.717) is 11.4 Å². The second-order valence-corrected chi connectivity index (χ2v) is 5.73. The summed E-state index contributed by atoms with van der Waals surface area (Å²) in [7, 11) is 0. The van der Waals surface area contributed by atoms with Crippen LogP contribution >= 0.6 is 22.9 Å². The van der Waals surface area contributed by atoms with E-state index in [9.17, 15) is 14.9 Å². The quantitative estimate of drug-likeness (QED) is 0.515. The molecule has 2 aromatic rings. The van der Waals surface area contributed by atoms with Gasteiger partial charge in [-0.2, -0.15) is 0 Å². The number of thiophene rings is 1. The van der Waals surface area contributed by atoms with Gasteiger partial charge < -0.3 is 11.1 Å². The third-order valence-corrected chi connectivity index (χ3v) is 3.88. The monoisotopic (exact) mass is 311 g/mol. The Bertz CT molecular complexity index is 699. The van der Waals surface area contributed by atoms with Crippen LogP contribution in [0.15, 0.2) is 24.3 Å². The Morgan fingerprint density at radius 1 is 1.45 bits per heavy atom. The second kappa shape index (κ2) is 5.48. The Morgan fingerprint density at radius 3 is 2.70 bits per heavy atom. The number of anilines is 2. The average molecular weight is 312 g/mol. The normalized spacial score (nSPS) is 10.3. The molecule has 0 saturated heterocycles. The van der Waals surface area contributed by atoms with Crippen molar-refractivity contribution in [2.24, 2.45) is 0 Å². The van der Waals surface area contributed by atoms with Crippen molar-refractivity contribution in [3.8, 4) is 0 Å². The van der Waals surface area contributed by atoms with Crippen LogP contribution in [0, 0.1) is 17.0 Å². The van der Waals surface area contributed by atoms with Crippen LogP contribution in [0.5, 0.6) is 0 Å². The molecule has 20 heavy (non-hydrogen) atoms. The van der Waals surface area contributed by atoms with Crippen molar-refractivity contribution in [1.82, 2.24) is 0 Å². The van der Waals surface area contributed by atoms with Gasteiger partial charge in [0.2, 0.25) is 0 Å². The molecule has 1 aromatic carbocycles. The van der Waals surface area contributed by atoms with Gasteiger partial charge in [0.1, 0.15) is 4.88 Å². The Morgan fingerprint density at radius 2 is 2.15 bits per heavy atom. The maximum absolute atomic E-state index is 12.0. The van der Waals surface area contributed by atoms with Gasteiger partial charge in [0.15, 0.2) is 4.34 Å². The number of halogens is 1. The van der Waals surface area contributed by atoms with Crippen molar-refractivity contribution in [2.45, 2.75) is 6.92 Å². The van der Waals surface area contributed by atoms with Crippen LogP contribution in [0.25, 0.3) is 0 Å². The second-order valence-electron chi connectivity index (χ2n) is 4.07. The number of nitrogens with two attached hydrogens (primary N) is 1. The van der Waals surface area contributed by atoms with Crippen LogP contribution in [-0.4, -0.2) is 10.8 Å². The van der Waals surface area contributed by atoms with Crippen molar-refractivity contribution >= 4 is 45.9 Å². The molecule has 8 heteroatoms. The Balaban J connectivity index is 2.24. The minimum atomic E-state index is -0.629. The molecule has 104 valence electrons. The molecule has 0 bridgehead atoms. The fourth-order valence-electron chi connectivity index (χ4n) is 1.58. The molecule has 0 aliphatic rings. The van der Waals surface area contributed by atoms with Crippen LogP contribution in [0.2, 0.25) is 4.34 Å². The first kappa shape index (κ1) is 14.3. The highest BCUT2D eigenvalue weighted by Gasteiger charge is 2.21. The van der Waals surface area contributed by atoms with E-state index < -0.39 is 10.8 Å². The summed E-state index contributed by atoms with van der Waals surface area (Å²) in [5.74, 6) is -0.486. The van der Waals surface area contributed by atoms with Gasteiger partial charge in [0.25, 0.3) is 11.6 Å². The first-order valence-electron chi connectivity index (χ1n) is 5.49. The number of aryl methyl sites for hydroxylation is 1. The maximum Gasteiger partial charge on any atom is 0.299 e. The lowest BCUT2D eigenvalue weighted by Crippen LogP contribution is -2.11. The summed E-state index contributed by atoms with van der Waals surface area (Å²) in [6, 6.07) is 6.34. The molecule has 1 heterocycles. The first-order chi connectivity index (χ1) is 9.38. The molecule has 0 spiro atoms. The van der Waals surface area contributed by atoms with Crippen molar-refractivity contribution in [3.05, 3.63) is 49.2 Å². The molecule has 3 N–H and O–H groups in total. The van der Waals surface area contributed by atoms with E-state index in [-0.39, 0.29) is 14.9 Å². The van der Waals surface area contributed by atoms with Crippen LogP contribution in [0.3, 0.4) is 0 Å². The first-order valence-corrected chi connectivity index (χ1v) is 6.69. The molecule has 0 fully saturated rings. The molecule has 1 aromatic heterocycles. The van der Waals surface area contributed by atoms with Crippen LogP contribution in [-0.2, 0) is 0 Å². The molecule has 6 nitrogen and oxygen atoms in total. The van der Waals surface area contributed by atoms with Gasteiger partial charge in [0.05, 0.1) is 16.3 Å². The van der Waals surface area contributed by atoms with E-state index in [2.05, 4.69) is 5.32 Å². The molecule has 0 aliphatic carbocycles. The number of carbonyl (C=O) groups excluding carboxylic acids is 1. The highest BCUT2D eigenvalue weighted by Crippen LogP contribution is 2.34. The Hall–Kier alpha value is -2.12. The van der Waals surface area contributed by atoms with Crippen LogP contribution < -0.4 is 11.1 Å². The number of benzene rings is 1. The molecule has 0 unspecified atom stereocenters. The molecule has 0 aliphatic heterocycles. The Kier molecular flexibility index (Phi) is 3.91. The Labute approximate surface area is 123 Å². The van der Waals surface area contributed by atoms with Gasteiger partial charge in [-0.3, -0.25) is 14.9 Å². The molecule has 0 saturated carbocycles. The number of nitrogen functional groups attached to an aromatic ring is 1. The number of hydrogen-bond acceptors (Lipinski definition) is 5. The highest BCUT2D eigenvalue weighted by molar-refractivity contribution is 7.18. The fraction of sp³-hybridized carbons (Fsp3) is 0.0833. The summed E-state index contributed by atoms with van der Waals surface area (Å²) in [5, 5.41) is 13.3. The SMILES string of the molecule is Cc1ccc(NC(=O)c2cc([N+](=O)[O-])c(Cl)s2)c(N)c1. The van der Waals surface area contributed by atoms with Crippen LogP contribution in [0.4, 0.5) is 17.1 Å². The lowest BCUT2D eigenvalue weighted by Gasteiger charge is -2.07. The van der Waals surface area contributed by atoms with E-state index in [1.54, 1.807) is 18.2 Å². The van der Waals surface area contributed by atoms with Gasteiger partial charge in [-0.15, -0.1) is 11.3 Å². The highest BCUT2D eigenvalue weighted by atomic mass is 35.5. The summed E-state index contributed by atoms with van der Waals surface area (Å²) in [5.41, 5.74) is 7.35. The smallest absolute Gasteiger partial charge is 0.299 e. The number of nitrogens with one attached hydrogen (secondary N) is 1. The largest absolute Gasteiger partial charge is 0.397 e. The van der Waals surface area contributed by atoms with E-state index in [1.165, 1.54) is 0 Å². The molecular formula is C12H10ClN3O3S. The zero-order valence-corrected chi connectivity index (χ0v) is 11.9. The zero-order chi connectivity index (χ0) is 14.9. The predicted octanol–water partition coefficient (Wildman–Crippen LogP) is 3.45. The number of hydrogen-bond donors (Lipinski definition) is 2. The van der Waals surface area contributed by atoms with Crippen molar-refractivity contribution in [3.63, 3.8) is 0 Å². The van der Waals surface area contributed by atoms with E-state index in [4.69, 9.17) is 17.3 Å². The number of rotatable bonds is 3. The fourth-order valence-corrected chi connectivity index (χ4v) is 2.69. The average Bonchev–Trinajstić information content (AvgIpc) is 2.75. The van der Waals surface area contributed by atoms with E-state index >= 15 is 0 Å². The molecular weight excluding hydrogens is 302 g/mol. The number of nitrogens with zero attached hydrogens (tertiary/aromatic N) is 1. The molecule has 1 amide bonds. The van der Waals surface area contributed by atoms with Gasteiger partial charge in [-0.05, 0) is 24.6 Å². The lowest BCUT2D eigenvalue weighted by atomic mass is 10.2. The van der Waals surface area contributed by atoms with E-state index in [0.717, 1.165) is 23.0 Å². The van der Waals surface area contributed by atoms with Gasteiger partial charge in [-0.1, -0.05) is 17.7 Å². The number of carbonyl (C=O) groups is 1. The minimum Gasteiger partial charge on any atom is -0.397 e. The predicted molar refractivity (Wildman–Crippen MR) is 79.5 cm³/mol. The van der Waals surface area contributed by atoms with E-state index in [1.807, 2.05) is 6.92 Å². The maximum atomic E-state index is 12.0. The standard InChI is InChI=1S/C12H10ClN3O3S/c1-6-2-3-8(7(14)4-6)15-12(17)10-5-9(16(18)19)11(13)20-10/h2-5H,14H2,1H3,(H,15,17). The van der Waals surface area contributed by atoms with Gasteiger partial charge in [0, 0.05) is 6.07 Å². The molecule has 0 radical (unpaired) electrons. The summed E-state index contributed by atoms with van der Waals surface area (Å²) >= 11 is 6.56. The number of nitro groups is 1. The number of amides is 1. The van der Waals surface area contributed by atoms with Crippen molar-refractivity contribution < 1.29 is 9.72 Å². The topological polar surface area (TPSA) is 98.3 Å². The lowest BCUT2D eigenvalue weighted by molar-refractivity contribution is -0.384. The van der Waals surface area contributed by atoms with Gasteiger partial charge in [-0.25, -0.2) is 0 Å².